The molecule has 0 atom stereocenters. The van der Waals surface area contributed by atoms with Gasteiger partial charge in [-0.15, -0.1) is 0 Å². The Morgan fingerprint density at radius 1 is 0.826 bits per heavy atom. The zero-order valence-electron chi connectivity index (χ0n) is 12.5. The van der Waals surface area contributed by atoms with Gasteiger partial charge in [-0.25, -0.2) is 0 Å². The zero-order valence-corrected chi connectivity index (χ0v) is 12.5. The third-order valence-electron chi connectivity index (χ3n) is 3.75. The van der Waals surface area contributed by atoms with Gasteiger partial charge >= 0.3 is 0 Å². The van der Waals surface area contributed by atoms with Crippen LogP contribution in [0.4, 0.5) is 5.69 Å². The van der Waals surface area contributed by atoms with Crippen molar-refractivity contribution < 1.29 is 0 Å². The monoisotopic (exact) mass is 297 g/mol. The van der Waals surface area contributed by atoms with Crippen LogP contribution in [0.25, 0.3) is 11.1 Å². The van der Waals surface area contributed by atoms with Gasteiger partial charge in [0.05, 0.1) is 17.3 Å². The molecule has 3 nitrogen and oxygen atoms in total. The van der Waals surface area contributed by atoms with E-state index in [1.165, 1.54) is 0 Å². The minimum atomic E-state index is 0.412. The highest BCUT2D eigenvalue weighted by Gasteiger charge is 2.08. The molecule has 0 fully saturated rings. The van der Waals surface area contributed by atoms with Gasteiger partial charge in [-0.1, -0.05) is 54.6 Å². The number of anilines is 1. The summed E-state index contributed by atoms with van der Waals surface area (Å²) in [5.74, 6) is 0. The molecule has 0 heterocycles. The van der Waals surface area contributed by atoms with Gasteiger partial charge in [0, 0.05) is 16.8 Å². The Kier molecular flexibility index (Phi) is 3.90. The van der Waals surface area contributed by atoms with E-state index in [1.54, 1.807) is 18.2 Å². The van der Waals surface area contributed by atoms with Gasteiger partial charge in [0.2, 0.25) is 0 Å². The van der Waals surface area contributed by atoms with E-state index in [0.717, 1.165) is 22.3 Å². The highest BCUT2D eigenvalue weighted by Crippen LogP contribution is 2.22. The first-order chi connectivity index (χ1) is 11.2. The van der Waals surface area contributed by atoms with E-state index < -0.39 is 0 Å². The van der Waals surface area contributed by atoms with Gasteiger partial charge < -0.3 is 5.73 Å². The number of para-hydroxylation sites is 1. The third kappa shape index (κ3) is 2.97. The van der Waals surface area contributed by atoms with Crippen LogP contribution in [0, 0.1) is 16.7 Å². The van der Waals surface area contributed by atoms with Crippen molar-refractivity contribution in [1.82, 2.24) is 0 Å². The van der Waals surface area contributed by atoms with E-state index in [0.29, 0.717) is 17.0 Å². The van der Waals surface area contributed by atoms with E-state index in [-0.39, 0.29) is 0 Å². The van der Waals surface area contributed by atoms with E-state index in [9.17, 15) is 0 Å². The smallest absolute Gasteiger partial charge is 0.0991 e. The van der Waals surface area contributed by atoms with Crippen LogP contribution in [0.5, 0.6) is 0 Å². The predicted octanol–water partition coefficient (Wildman–Crippen LogP) is 4.22. The quantitative estimate of drug-likeness (QED) is 0.561. The first-order valence-corrected chi connectivity index (χ1v) is 7.23. The Balaban J connectivity index is 1.88. The van der Waals surface area contributed by atoms with Crippen LogP contribution in [-0.2, 0) is 0 Å². The standard InChI is InChI=1S/C20H15N3/c21-13-14-5-7-15(8-6-14)16-9-11-17(12-10-16)20(23)18-3-1-2-4-19(18)22/h1-12,23H,22H2. The van der Waals surface area contributed by atoms with Crippen LogP contribution >= 0.6 is 0 Å². The minimum absolute atomic E-state index is 0.412. The summed E-state index contributed by atoms with van der Waals surface area (Å²) in [5.41, 5.74) is 11.2. The Morgan fingerprint density at radius 3 is 1.96 bits per heavy atom. The Morgan fingerprint density at radius 2 is 1.39 bits per heavy atom. The van der Waals surface area contributed by atoms with Crippen molar-refractivity contribution in [2.75, 3.05) is 5.73 Å². The topological polar surface area (TPSA) is 73.7 Å². The van der Waals surface area contributed by atoms with Crippen LogP contribution in [0.1, 0.15) is 16.7 Å². The molecule has 0 radical (unpaired) electrons. The lowest BCUT2D eigenvalue weighted by molar-refractivity contribution is 1.45. The van der Waals surface area contributed by atoms with Crippen molar-refractivity contribution in [2.45, 2.75) is 0 Å². The van der Waals surface area contributed by atoms with Crippen molar-refractivity contribution >= 4 is 11.4 Å². The fraction of sp³-hybridized carbons (Fsp3) is 0. The van der Waals surface area contributed by atoms with Crippen molar-refractivity contribution in [3.8, 4) is 17.2 Å². The zero-order chi connectivity index (χ0) is 16.2. The van der Waals surface area contributed by atoms with E-state index >= 15 is 0 Å². The van der Waals surface area contributed by atoms with Gasteiger partial charge in [0.15, 0.2) is 0 Å². The van der Waals surface area contributed by atoms with Crippen LogP contribution in [-0.4, -0.2) is 5.71 Å². The van der Waals surface area contributed by atoms with Gasteiger partial charge in [-0.3, -0.25) is 5.41 Å². The maximum absolute atomic E-state index is 8.84. The van der Waals surface area contributed by atoms with Crippen LogP contribution in [0.3, 0.4) is 0 Å². The van der Waals surface area contributed by atoms with Crippen LogP contribution in [0.15, 0.2) is 72.8 Å². The summed E-state index contributed by atoms with van der Waals surface area (Å²) in [6.45, 7) is 0. The van der Waals surface area contributed by atoms with Crippen LogP contribution in [0.2, 0.25) is 0 Å². The molecule has 0 unspecified atom stereocenters. The second-order valence-electron chi connectivity index (χ2n) is 5.23. The molecule has 3 heteroatoms. The van der Waals surface area contributed by atoms with E-state index in [2.05, 4.69) is 6.07 Å². The maximum Gasteiger partial charge on any atom is 0.0991 e. The Labute approximate surface area is 135 Å². The van der Waals surface area contributed by atoms with E-state index in [4.69, 9.17) is 16.4 Å². The highest BCUT2D eigenvalue weighted by molar-refractivity contribution is 6.13. The number of benzene rings is 3. The molecule has 3 N–H and O–H groups in total. The average Bonchev–Trinajstić information content (AvgIpc) is 2.62. The van der Waals surface area contributed by atoms with Crippen LogP contribution < -0.4 is 5.73 Å². The van der Waals surface area contributed by atoms with E-state index in [1.807, 2.05) is 54.6 Å². The van der Waals surface area contributed by atoms with Crippen molar-refractivity contribution in [3.05, 3.63) is 89.5 Å². The summed E-state index contributed by atoms with van der Waals surface area (Å²) in [6.07, 6.45) is 0. The highest BCUT2D eigenvalue weighted by atomic mass is 14.6. The number of nitrogens with zero attached hydrogens (tertiary/aromatic N) is 1. The molecule has 0 spiro atoms. The van der Waals surface area contributed by atoms with Crippen molar-refractivity contribution in [2.24, 2.45) is 0 Å². The summed E-state index contributed by atoms with van der Waals surface area (Å²) in [6, 6.07) is 24.8. The first kappa shape index (κ1) is 14.6. The van der Waals surface area contributed by atoms with Gasteiger partial charge in [0.1, 0.15) is 0 Å². The molecule has 0 saturated carbocycles. The lowest BCUT2D eigenvalue weighted by atomic mass is 9.97. The molecule has 3 rings (SSSR count). The summed E-state index contributed by atoms with van der Waals surface area (Å²) in [4.78, 5) is 0. The summed E-state index contributed by atoms with van der Waals surface area (Å²) < 4.78 is 0. The van der Waals surface area contributed by atoms with Gasteiger partial charge in [-0.2, -0.15) is 5.26 Å². The lowest BCUT2D eigenvalue weighted by Gasteiger charge is -2.09. The third-order valence-corrected chi connectivity index (χ3v) is 3.75. The fourth-order valence-corrected chi connectivity index (χ4v) is 2.45. The second-order valence-corrected chi connectivity index (χ2v) is 5.23. The average molecular weight is 297 g/mol. The number of rotatable bonds is 3. The molecule has 0 aliphatic heterocycles. The minimum Gasteiger partial charge on any atom is -0.398 e. The molecular formula is C20H15N3. The number of nitrogens with one attached hydrogen (secondary N) is 1. The second kappa shape index (κ2) is 6.17. The van der Waals surface area contributed by atoms with Gasteiger partial charge in [-0.05, 0) is 29.3 Å². The molecular weight excluding hydrogens is 282 g/mol. The Hall–Kier alpha value is -3.38. The Bertz CT molecular complexity index is 885. The number of hydrogen-bond donors (Lipinski definition) is 2. The normalized spacial score (nSPS) is 10.0. The molecule has 0 bridgehead atoms. The molecule has 23 heavy (non-hydrogen) atoms. The number of hydrogen-bond acceptors (Lipinski definition) is 3. The van der Waals surface area contributed by atoms with Gasteiger partial charge in [0.25, 0.3) is 0 Å². The number of nitrogens with two attached hydrogens (primary N) is 1. The van der Waals surface area contributed by atoms with Crippen molar-refractivity contribution in [3.63, 3.8) is 0 Å². The number of nitrogen functional groups attached to an aromatic ring is 1. The predicted molar refractivity (Wildman–Crippen MR) is 93.4 cm³/mol. The summed E-state index contributed by atoms with van der Waals surface area (Å²) in [5, 5.41) is 17.2. The largest absolute Gasteiger partial charge is 0.398 e. The fourth-order valence-electron chi connectivity index (χ4n) is 2.45. The molecule has 3 aromatic carbocycles. The molecule has 3 aromatic rings. The molecule has 0 saturated heterocycles. The lowest BCUT2D eigenvalue weighted by Crippen LogP contribution is -2.04. The molecule has 0 aromatic heterocycles. The summed E-state index contributed by atoms with van der Waals surface area (Å²) in [7, 11) is 0. The molecule has 110 valence electrons. The maximum atomic E-state index is 8.84. The molecule has 0 aliphatic rings. The molecule has 0 aliphatic carbocycles. The summed E-state index contributed by atoms with van der Waals surface area (Å²) >= 11 is 0. The van der Waals surface area contributed by atoms with Crippen molar-refractivity contribution in [1.29, 1.82) is 10.7 Å². The number of nitriles is 1. The SMILES string of the molecule is N#Cc1ccc(-c2ccc(C(=N)c3ccccc3N)cc2)cc1. The molecule has 0 amide bonds. The first-order valence-electron chi connectivity index (χ1n) is 7.23.